The van der Waals surface area contributed by atoms with Crippen molar-refractivity contribution < 1.29 is 9.18 Å². The summed E-state index contributed by atoms with van der Waals surface area (Å²) in [6.45, 7) is 4.99. The number of amides is 1. The highest BCUT2D eigenvalue weighted by Crippen LogP contribution is 2.29. The zero-order chi connectivity index (χ0) is 22.6. The molecule has 5 rings (SSSR count). The van der Waals surface area contributed by atoms with Crippen LogP contribution in [0, 0.1) is 5.82 Å². The van der Waals surface area contributed by atoms with Crippen LogP contribution in [0.2, 0.25) is 0 Å². The number of aromatic nitrogens is 1. The third-order valence-electron chi connectivity index (χ3n) is 6.08. The van der Waals surface area contributed by atoms with Crippen LogP contribution in [-0.2, 0) is 6.42 Å². The van der Waals surface area contributed by atoms with Crippen LogP contribution in [-0.4, -0.2) is 47.9 Å². The predicted molar refractivity (Wildman–Crippen MR) is 133 cm³/mol. The summed E-state index contributed by atoms with van der Waals surface area (Å²) in [5.41, 5.74) is 1.93. The molecule has 1 aliphatic heterocycles. The Hall–Kier alpha value is -3.29. The van der Waals surface area contributed by atoms with Crippen molar-refractivity contribution in [2.75, 3.05) is 42.9 Å². The standard InChI is InChI=1S/C26H25FN4OS/c27-23-7-3-1-5-21(23)26(32)28-20-11-9-19(10-12-20)13-14-30-15-17-31(18-16-30)25-22-6-2-4-8-24(22)33-29-25/h1-12H,13-18H2,(H,28,32). The van der Waals surface area contributed by atoms with Gasteiger partial charge in [-0.2, -0.15) is 4.37 Å². The molecule has 0 saturated carbocycles. The molecule has 33 heavy (non-hydrogen) atoms. The fourth-order valence-electron chi connectivity index (χ4n) is 4.17. The number of piperazine rings is 1. The van der Waals surface area contributed by atoms with E-state index in [9.17, 15) is 9.18 Å². The lowest BCUT2D eigenvalue weighted by molar-refractivity contribution is 0.102. The molecule has 0 spiro atoms. The second kappa shape index (κ2) is 9.68. The van der Waals surface area contributed by atoms with Crippen molar-refractivity contribution in [3.8, 4) is 0 Å². The quantitative estimate of drug-likeness (QED) is 0.437. The Kier molecular flexibility index (Phi) is 6.32. The minimum absolute atomic E-state index is 0.0476. The van der Waals surface area contributed by atoms with Gasteiger partial charge in [0.05, 0.1) is 10.3 Å². The highest BCUT2D eigenvalue weighted by molar-refractivity contribution is 7.13. The second-order valence-corrected chi connectivity index (χ2v) is 9.02. The Labute approximate surface area is 196 Å². The van der Waals surface area contributed by atoms with Crippen LogP contribution in [0.4, 0.5) is 15.9 Å². The Bertz CT molecular complexity index is 1250. The lowest BCUT2D eigenvalue weighted by Gasteiger charge is -2.35. The van der Waals surface area contributed by atoms with Crippen LogP contribution < -0.4 is 10.2 Å². The second-order valence-electron chi connectivity index (χ2n) is 8.21. The molecule has 168 valence electrons. The molecule has 1 fully saturated rings. The summed E-state index contributed by atoms with van der Waals surface area (Å²) in [7, 11) is 0. The molecular formula is C26H25FN4OS. The van der Waals surface area contributed by atoms with Gasteiger partial charge in [0.25, 0.3) is 5.91 Å². The van der Waals surface area contributed by atoms with Gasteiger partial charge in [-0.1, -0.05) is 36.4 Å². The number of nitrogens with zero attached hydrogens (tertiary/aromatic N) is 3. The molecule has 0 aliphatic carbocycles. The molecule has 1 amide bonds. The summed E-state index contributed by atoms with van der Waals surface area (Å²) in [5, 5.41) is 4.01. The molecule has 2 heterocycles. The number of fused-ring (bicyclic) bond motifs is 1. The Morgan fingerprint density at radius 3 is 2.45 bits per heavy atom. The number of anilines is 2. The minimum atomic E-state index is -0.519. The highest BCUT2D eigenvalue weighted by Gasteiger charge is 2.20. The zero-order valence-corrected chi connectivity index (χ0v) is 19.0. The van der Waals surface area contributed by atoms with Gasteiger partial charge >= 0.3 is 0 Å². The number of carbonyl (C=O) groups excluding carboxylic acids is 1. The molecule has 7 heteroatoms. The third-order valence-corrected chi connectivity index (χ3v) is 6.89. The maximum Gasteiger partial charge on any atom is 0.258 e. The maximum absolute atomic E-state index is 13.8. The Balaban J connectivity index is 1.11. The van der Waals surface area contributed by atoms with Crippen molar-refractivity contribution in [3.05, 3.63) is 89.7 Å². The predicted octanol–water partition coefficient (Wildman–Crippen LogP) is 5.05. The van der Waals surface area contributed by atoms with Gasteiger partial charge in [-0.25, -0.2) is 4.39 Å². The van der Waals surface area contributed by atoms with Gasteiger partial charge in [-0.05, 0) is 59.9 Å². The number of nitrogens with one attached hydrogen (secondary N) is 1. The van der Waals surface area contributed by atoms with E-state index >= 15 is 0 Å². The van der Waals surface area contributed by atoms with Gasteiger partial charge in [-0.3, -0.25) is 9.69 Å². The number of hydrogen-bond acceptors (Lipinski definition) is 5. The van der Waals surface area contributed by atoms with Gasteiger partial charge in [0.1, 0.15) is 11.6 Å². The van der Waals surface area contributed by atoms with Crippen molar-refractivity contribution in [1.82, 2.24) is 9.27 Å². The van der Waals surface area contributed by atoms with E-state index in [0.29, 0.717) is 5.69 Å². The SMILES string of the molecule is O=C(Nc1ccc(CCN2CCN(c3nsc4ccccc34)CC2)cc1)c1ccccc1F. The van der Waals surface area contributed by atoms with E-state index in [1.54, 1.807) is 23.7 Å². The van der Waals surface area contributed by atoms with Crippen LogP contribution in [0.5, 0.6) is 0 Å². The van der Waals surface area contributed by atoms with Crippen LogP contribution in [0.15, 0.2) is 72.8 Å². The summed E-state index contributed by atoms with van der Waals surface area (Å²) in [4.78, 5) is 17.1. The minimum Gasteiger partial charge on any atom is -0.353 e. The third kappa shape index (κ3) is 4.89. The van der Waals surface area contributed by atoms with E-state index in [1.807, 2.05) is 24.3 Å². The fourth-order valence-corrected chi connectivity index (χ4v) is 4.97. The Morgan fingerprint density at radius 1 is 0.939 bits per heavy atom. The lowest BCUT2D eigenvalue weighted by atomic mass is 10.1. The van der Waals surface area contributed by atoms with Crippen LogP contribution in [0.25, 0.3) is 10.1 Å². The molecule has 0 bridgehead atoms. The average Bonchev–Trinajstić information content (AvgIpc) is 3.28. The number of rotatable bonds is 6. The van der Waals surface area contributed by atoms with Crippen molar-refractivity contribution in [2.45, 2.75) is 6.42 Å². The van der Waals surface area contributed by atoms with Crippen molar-refractivity contribution in [2.24, 2.45) is 0 Å². The molecule has 0 radical (unpaired) electrons. The molecule has 1 aliphatic rings. The van der Waals surface area contributed by atoms with E-state index in [1.165, 1.54) is 27.8 Å². The summed E-state index contributed by atoms with van der Waals surface area (Å²) < 4.78 is 19.7. The number of carbonyl (C=O) groups is 1. The van der Waals surface area contributed by atoms with Crippen molar-refractivity contribution in [1.29, 1.82) is 0 Å². The fraction of sp³-hybridized carbons (Fsp3) is 0.231. The number of benzene rings is 3. The monoisotopic (exact) mass is 460 g/mol. The molecule has 1 N–H and O–H groups in total. The molecule has 0 atom stereocenters. The molecular weight excluding hydrogens is 435 g/mol. The summed E-state index contributed by atoms with van der Waals surface area (Å²) in [6, 6.07) is 22.2. The summed E-state index contributed by atoms with van der Waals surface area (Å²) >= 11 is 1.57. The zero-order valence-electron chi connectivity index (χ0n) is 18.2. The van der Waals surface area contributed by atoms with Crippen LogP contribution in [0.3, 0.4) is 0 Å². The lowest BCUT2D eigenvalue weighted by Crippen LogP contribution is -2.47. The van der Waals surface area contributed by atoms with E-state index < -0.39 is 11.7 Å². The maximum atomic E-state index is 13.8. The van der Waals surface area contributed by atoms with E-state index in [-0.39, 0.29) is 5.56 Å². The number of hydrogen-bond donors (Lipinski definition) is 1. The van der Waals surface area contributed by atoms with Gasteiger partial charge in [0.2, 0.25) is 0 Å². The van der Waals surface area contributed by atoms with Gasteiger partial charge in [-0.15, -0.1) is 0 Å². The molecule has 1 saturated heterocycles. The first-order valence-electron chi connectivity index (χ1n) is 11.1. The van der Waals surface area contributed by atoms with Crippen molar-refractivity contribution in [3.63, 3.8) is 0 Å². The summed E-state index contributed by atoms with van der Waals surface area (Å²) in [5.74, 6) is 0.157. The Morgan fingerprint density at radius 2 is 1.67 bits per heavy atom. The van der Waals surface area contributed by atoms with E-state index in [4.69, 9.17) is 0 Å². The first kappa shape index (κ1) is 21.6. The molecule has 4 aromatic rings. The molecule has 1 aromatic heterocycles. The molecule has 3 aromatic carbocycles. The number of halogens is 1. The molecule has 0 unspecified atom stereocenters. The first-order valence-corrected chi connectivity index (χ1v) is 11.9. The van der Waals surface area contributed by atoms with Crippen LogP contribution in [0.1, 0.15) is 15.9 Å². The van der Waals surface area contributed by atoms with E-state index in [0.717, 1.165) is 45.0 Å². The van der Waals surface area contributed by atoms with E-state index in [2.05, 4.69) is 43.8 Å². The summed E-state index contributed by atoms with van der Waals surface area (Å²) in [6.07, 6.45) is 0.946. The van der Waals surface area contributed by atoms with Gasteiger partial charge < -0.3 is 10.2 Å². The first-order chi connectivity index (χ1) is 16.2. The van der Waals surface area contributed by atoms with Gasteiger partial charge in [0.15, 0.2) is 0 Å². The van der Waals surface area contributed by atoms with Crippen LogP contribution >= 0.6 is 11.5 Å². The largest absolute Gasteiger partial charge is 0.353 e. The smallest absolute Gasteiger partial charge is 0.258 e. The van der Waals surface area contributed by atoms with Gasteiger partial charge in [0, 0.05) is 43.8 Å². The topological polar surface area (TPSA) is 48.5 Å². The highest BCUT2D eigenvalue weighted by atomic mass is 32.1. The van der Waals surface area contributed by atoms with Crippen molar-refractivity contribution >= 4 is 39.0 Å². The normalized spacial score (nSPS) is 14.5. The molecule has 5 nitrogen and oxygen atoms in total. The average molecular weight is 461 g/mol.